The third-order valence-electron chi connectivity index (χ3n) is 4.35. The summed E-state index contributed by atoms with van der Waals surface area (Å²) in [6.07, 6.45) is 1.75. The molecule has 0 aromatic carbocycles. The third-order valence-corrected chi connectivity index (χ3v) is 4.35. The first-order valence-corrected chi connectivity index (χ1v) is 7.92. The van der Waals surface area contributed by atoms with Crippen molar-refractivity contribution in [3.8, 4) is 0 Å². The first-order valence-electron chi connectivity index (χ1n) is 7.92. The zero-order valence-electron chi connectivity index (χ0n) is 13.4. The molecule has 24 heavy (non-hydrogen) atoms. The van der Waals surface area contributed by atoms with Crippen LogP contribution in [0, 0.1) is 0 Å². The number of aliphatic carboxylic acids is 1. The van der Waals surface area contributed by atoms with Crippen LogP contribution in [0.3, 0.4) is 0 Å². The van der Waals surface area contributed by atoms with Crippen LogP contribution in [0.25, 0.3) is 0 Å². The van der Waals surface area contributed by atoms with E-state index in [0.29, 0.717) is 19.4 Å². The fourth-order valence-electron chi connectivity index (χ4n) is 3.10. The number of carbonyl (C=O) groups is 5. The minimum Gasteiger partial charge on any atom is -0.481 e. The van der Waals surface area contributed by atoms with Crippen LogP contribution >= 0.6 is 0 Å². The molecule has 0 aromatic heterocycles. The molecule has 2 rings (SSSR count). The predicted molar refractivity (Wildman–Crippen MR) is 80.5 cm³/mol. The molecule has 0 aliphatic carbocycles. The van der Waals surface area contributed by atoms with Crippen molar-refractivity contribution < 1.29 is 29.1 Å². The second kappa shape index (κ2) is 7.63. The van der Waals surface area contributed by atoms with Gasteiger partial charge >= 0.3 is 5.97 Å². The van der Waals surface area contributed by atoms with E-state index in [1.165, 1.54) is 11.9 Å². The fraction of sp³-hybridized carbons (Fsp3) is 0.667. The van der Waals surface area contributed by atoms with E-state index in [1.807, 2.05) is 0 Å². The van der Waals surface area contributed by atoms with E-state index in [0.717, 1.165) is 11.3 Å². The maximum atomic E-state index is 12.5. The van der Waals surface area contributed by atoms with Crippen LogP contribution in [-0.2, 0) is 24.0 Å². The zero-order valence-corrected chi connectivity index (χ0v) is 13.4. The summed E-state index contributed by atoms with van der Waals surface area (Å²) in [7, 11) is 0. The van der Waals surface area contributed by atoms with Crippen molar-refractivity contribution in [1.82, 2.24) is 15.3 Å². The molecule has 1 unspecified atom stereocenters. The summed E-state index contributed by atoms with van der Waals surface area (Å²) in [5.41, 5.74) is 0. The molecule has 132 valence electrons. The lowest BCUT2D eigenvalue weighted by Crippen LogP contribution is -2.52. The third kappa shape index (κ3) is 3.85. The van der Waals surface area contributed by atoms with E-state index in [9.17, 15) is 24.0 Å². The lowest BCUT2D eigenvalue weighted by atomic mass is 10.1. The molecule has 2 amide bonds. The van der Waals surface area contributed by atoms with Crippen LogP contribution in [0.4, 0.5) is 0 Å². The molecule has 2 fully saturated rings. The van der Waals surface area contributed by atoms with Gasteiger partial charge in [-0.1, -0.05) is 0 Å². The highest BCUT2D eigenvalue weighted by Gasteiger charge is 2.45. The SMILES string of the molecule is CC(=O)[C@H](CCC(=O)O)NC1CC(=O)N(N2CCC[C@H]2C=O)C1=O. The molecule has 0 spiro atoms. The molecule has 3 atom stereocenters. The Morgan fingerprint density at radius 3 is 2.71 bits per heavy atom. The Labute approximate surface area is 138 Å². The van der Waals surface area contributed by atoms with Gasteiger partial charge in [0.05, 0.1) is 24.5 Å². The highest BCUT2D eigenvalue weighted by molar-refractivity contribution is 6.05. The zero-order chi connectivity index (χ0) is 17.9. The summed E-state index contributed by atoms with van der Waals surface area (Å²) in [6.45, 7) is 1.75. The number of carboxylic acids is 1. The fourth-order valence-corrected chi connectivity index (χ4v) is 3.10. The smallest absolute Gasteiger partial charge is 0.303 e. The number of aldehydes is 1. The lowest BCUT2D eigenvalue weighted by Gasteiger charge is -2.29. The van der Waals surface area contributed by atoms with Gasteiger partial charge in [-0.05, 0) is 26.2 Å². The number of ketones is 1. The summed E-state index contributed by atoms with van der Waals surface area (Å²) >= 11 is 0. The van der Waals surface area contributed by atoms with E-state index in [1.54, 1.807) is 0 Å². The van der Waals surface area contributed by atoms with Gasteiger partial charge in [0.1, 0.15) is 12.1 Å². The van der Waals surface area contributed by atoms with Crippen LogP contribution in [0.15, 0.2) is 0 Å². The molecule has 0 radical (unpaired) electrons. The summed E-state index contributed by atoms with van der Waals surface area (Å²) < 4.78 is 0. The molecule has 9 nitrogen and oxygen atoms in total. The van der Waals surface area contributed by atoms with Crippen molar-refractivity contribution in [2.24, 2.45) is 0 Å². The number of hydrogen-bond donors (Lipinski definition) is 2. The van der Waals surface area contributed by atoms with Gasteiger partial charge in [0.25, 0.3) is 5.91 Å². The maximum absolute atomic E-state index is 12.5. The van der Waals surface area contributed by atoms with Gasteiger partial charge in [-0.25, -0.2) is 10.0 Å². The van der Waals surface area contributed by atoms with E-state index in [-0.39, 0.29) is 25.0 Å². The van der Waals surface area contributed by atoms with Crippen LogP contribution in [0.5, 0.6) is 0 Å². The van der Waals surface area contributed by atoms with Crippen molar-refractivity contribution in [3.05, 3.63) is 0 Å². The average Bonchev–Trinajstić information content (AvgIpc) is 3.07. The number of hydrogen-bond acceptors (Lipinski definition) is 7. The number of Topliss-reactive ketones (excluding diaryl/α,β-unsaturated/α-hetero) is 1. The van der Waals surface area contributed by atoms with Crippen molar-refractivity contribution in [2.75, 3.05) is 6.54 Å². The number of carbonyl (C=O) groups excluding carboxylic acids is 4. The number of imide groups is 1. The normalized spacial score (nSPS) is 26.0. The highest BCUT2D eigenvalue weighted by atomic mass is 16.4. The Bertz CT molecular complexity index is 563. The van der Waals surface area contributed by atoms with Crippen molar-refractivity contribution in [1.29, 1.82) is 0 Å². The number of amides is 2. The van der Waals surface area contributed by atoms with Gasteiger partial charge in [0.15, 0.2) is 0 Å². The second-order valence-corrected chi connectivity index (χ2v) is 6.07. The summed E-state index contributed by atoms with van der Waals surface area (Å²) in [5.74, 6) is -2.26. The predicted octanol–water partition coefficient (Wildman–Crippen LogP) is -0.896. The highest BCUT2D eigenvalue weighted by Crippen LogP contribution is 2.24. The first kappa shape index (κ1) is 18.2. The van der Waals surface area contributed by atoms with Crippen molar-refractivity contribution in [3.63, 3.8) is 0 Å². The quantitative estimate of drug-likeness (QED) is 0.431. The standard InChI is InChI=1S/C15H21N3O6/c1-9(20)11(4-5-14(22)23)16-12-7-13(21)18(15(12)24)17-6-2-3-10(17)8-19/h8,10-12,16H,2-7H2,1H3,(H,22,23)/t10-,11-,12?/m0/s1. The van der Waals surface area contributed by atoms with Crippen molar-refractivity contribution >= 4 is 29.9 Å². The van der Waals surface area contributed by atoms with E-state index in [2.05, 4.69) is 5.32 Å². The largest absolute Gasteiger partial charge is 0.481 e. The van der Waals surface area contributed by atoms with E-state index in [4.69, 9.17) is 5.11 Å². The summed E-state index contributed by atoms with van der Waals surface area (Å²) in [4.78, 5) is 58.1. The number of nitrogens with one attached hydrogen (secondary N) is 1. The van der Waals surface area contributed by atoms with Crippen LogP contribution < -0.4 is 5.32 Å². The van der Waals surface area contributed by atoms with Gasteiger partial charge in [-0.3, -0.25) is 24.5 Å². The number of nitrogens with zero attached hydrogens (tertiary/aromatic N) is 2. The van der Waals surface area contributed by atoms with Crippen LogP contribution in [0.2, 0.25) is 0 Å². The Hall–Kier alpha value is -2.13. The Balaban J connectivity index is 2.05. The molecule has 2 saturated heterocycles. The number of rotatable bonds is 8. The Kier molecular flexibility index (Phi) is 5.79. The molecule has 0 saturated carbocycles. The average molecular weight is 339 g/mol. The van der Waals surface area contributed by atoms with Gasteiger partial charge in [0.2, 0.25) is 5.91 Å². The molecule has 9 heteroatoms. The Morgan fingerprint density at radius 1 is 1.42 bits per heavy atom. The van der Waals surface area contributed by atoms with Crippen LogP contribution in [-0.4, -0.2) is 69.6 Å². The van der Waals surface area contributed by atoms with Crippen molar-refractivity contribution in [2.45, 2.75) is 57.2 Å². The summed E-state index contributed by atoms with van der Waals surface area (Å²) in [5, 5.41) is 14.0. The molecule has 2 aliphatic heterocycles. The van der Waals surface area contributed by atoms with E-state index < -0.39 is 35.9 Å². The monoisotopic (exact) mass is 339 g/mol. The molecule has 2 heterocycles. The Morgan fingerprint density at radius 2 is 2.12 bits per heavy atom. The molecule has 2 N–H and O–H groups in total. The minimum atomic E-state index is -1.04. The second-order valence-electron chi connectivity index (χ2n) is 6.07. The molecule has 2 aliphatic rings. The van der Waals surface area contributed by atoms with Crippen LogP contribution in [0.1, 0.15) is 39.0 Å². The molecule has 0 aromatic rings. The minimum absolute atomic E-state index is 0.0450. The van der Waals surface area contributed by atoms with Gasteiger partial charge in [0, 0.05) is 13.0 Å². The topological polar surface area (TPSA) is 124 Å². The van der Waals surface area contributed by atoms with Gasteiger partial charge in [-0.15, -0.1) is 0 Å². The number of carboxylic acid groups (broad SMARTS) is 1. The molecular weight excluding hydrogens is 318 g/mol. The first-order chi connectivity index (χ1) is 11.3. The maximum Gasteiger partial charge on any atom is 0.303 e. The molecule has 0 bridgehead atoms. The summed E-state index contributed by atoms with van der Waals surface area (Å²) in [6, 6.07) is -2.18. The lowest BCUT2D eigenvalue weighted by molar-refractivity contribution is -0.159. The van der Waals surface area contributed by atoms with Gasteiger partial charge < -0.3 is 9.90 Å². The number of hydrazine groups is 1. The molecular formula is C15H21N3O6. The van der Waals surface area contributed by atoms with Gasteiger partial charge in [-0.2, -0.15) is 0 Å². The van der Waals surface area contributed by atoms with E-state index >= 15 is 0 Å².